The average Bonchev–Trinajstić information content (AvgIpc) is 2.79. The van der Waals surface area contributed by atoms with Crippen LogP contribution >= 0.6 is 0 Å². The van der Waals surface area contributed by atoms with Gasteiger partial charge in [0.25, 0.3) is 11.5 Å². The molecule has 10 nitrogen and oxygen atoms in total. The molecule has 0 unspecified atom stereocenters. The second-order valence-corrected chi connectivity index (χ2v) is 7.86. The van der Waals surface area contributed by atoms with Crippen molar-refractivity contribution in [3.63, 3.8) is 0 Å². The number of aryl methyl sites for hydroxylation is 1. The third-order valence-corrected chi connectivity index (χ3v) is 5.83. The Morgan fingerprint density at radius 1 is 1.19 bits per heavy atom. The molecule has 4 heterocycles. The Morgan fingerprint density at radius 2 is 1.94 bits per heavy atom. The Labute approximate surface area is 184 Å². The molecule has 0 atom stereocenters. The number of anilines is 1. The molecule has 2 N–H and O–H groups in total. The molecule has 1 aliphatic heterocycles. The van der Waals surface area contributed by atoms with Crippen molar-refractivity contribution in [2.75, 3.05) is 38.1 Å². The maximum Gasteiger partial charge on any atom is 0.328 e. The van der Waals surface area contributed by atoms with Gasteiger partial charge in [-0.15, -0.1) is 0 Å². The van der Waals surface area contributed by atoms with E-state index in [2.05, 4.69) is 30.1 Å². The van der Waals surface area contributed by atoms with Crippen molar-refractivity contribution in [2.45, 2.75) is 26.9 Å². The number of hydrogen-bond acceptors (Lipinski definition) is 7. The predicted molar refractivity (Wildman–Crippen MR) is 122 cm³/mol. The maximum atomic E-state index is 12.4. The summed E-state index contributed by atoms with van der Waals surface area (Å²) in [6.45, 7) is 8.03. The molecule has 0 bridgehead atoms. The zero-order valence-electron chi connectivity index (χ0n) is 18.5. The summed E-state index contributed by atoms with van der Waals surface area (Å²) in [6, 6.07) is 5.54. The molecule has 3 aromatic rings. The fourth-order valence-electron chi connectivity index (χ4n) is 4.10. The van der Waals surface area contributed by atoms with Gasteiger partial charge in [0.05, 0.1) is 16.9 Å². The molecule has 1 amide bonds. The quantitative estimate of drug-likeness (QED) is 0.597. The van der Waals surface area contributed by atoms with Crippen LogP contribution in [0.15, 0.2) is 34.0 Å². The summed E-state index contributed by atoms with van der Waals surface area (Å²) in [5, 5.41) is 2.59. The number of nitrogens with zero attached hydrogens (tertiary/aromatic N) is 5. The first-order chi connectivity index (χ1) is 15.4. The number of pyridine rings is 2. The van der Waals surface area contributed by atoms with E-state index in [1.807, 2.05) is 19.1 Å². The lowest BCUT2D eigenvalue weighted by molar-refractivity contribution is 0.0958. The second-order valence-electron chi connectivity index (χ2n) is 7.86. The molecule has 0 spiro atoms. The Hall–Kier alpha value is -3.53. The monoisotopic (exact) mass is 437 g/mol. The summed E-state index contributed by atoms with van der Waals surface area (Å²) in [5.41, 5.74) is 3.21. The predicted octanol–water partition coefficient (Wildman–Crippen LogP) is 0.490. The van der Waals surface area contributed by atoms with Gasteiger partial charge in [-0.2, -0.15) is 0 Å². The van der Waals surface area contributed by atoms with Gasteiger partial charge >= 0.3 is 5.69 Å². The van der Waals surface area contributed by atoms with Gasteiger partial charge in [-0.05, 0) is 37.6 Å². The Bertz CT molecular complexity index is 1270. The number of rotatable bonds is 5. The van der Waals surface area contributed by atoms with Crippen molar-refractivity contribution < 1.29 is 4.79 Å². The second kappa shape index (κ2) is 8.91. The van der Waals surface area contributed by atoms with Gasteiger partial charge in [0.2, 0.25) is 0 Å². The number of aromatic nitrogens is 4. The number of hydrogen-bond donors (Lipinski definition) is 2. The number of aromatic amines is 1. The van der Waals surface area contributed by atoms with Gasteiger partial charge in [0.15, 0.2) is 5.52 Å². The summed E-state index contributed by atoms with van der Waals surface area (Å²) < 4.78 is 1.15. The highest BCUT2D eigenvalue weighted by atomic mass is 16.2. The summed E-state index contributed by atoms with van der Waals surface area (Å²) in [5.74, 6) is -0.191. The topological polar surface area (TPSA) is 116 Å². The number of carbonyl (C=O) groups excluding carboxylic acids is 1. The van der Waals surface area contributed by atoms with Crippen molar-refractivity contribution in [1.82, 2.24) is 29.7 Å². The number of amides is 1. The van der Waals surface area contributed by atoms with E-state index in [9.17, 15) is 14.4 Å². The summed E-state index contributed by atoms with van der Waals surface area (Å²) in [6.07, 6.45) is 1.71. The van der Waals surface area contributed by atoms with E-state index in [0.29, 0.717) is 24.3 Å². The van der Waals surface area contributed by atoms with Gasteiger partial charge in [0, 0.05) is 52.5 Å². The fourth-order valence-corrected chi connectivity index (χ4v) is 4.10. The van der Waals surface area contributed by atoms with Crippen LogP contribution in [0.25, 0.3) is 11.0 Å². The van der Waals surface area contributed by atoms with Crippen molar-refractivity contribution in [3.05, 3.63) is 62.2 Å². The van der Waals surface area contributed by atoms with Crippen molar-refractivity contribution in [1.29, 1.82) is 0 Å². The van der Waals surface area contributed by atoms with Crippen LogP contribution in [0.4, 0.5) is 5.69 Å². The van der Waals surface area contributed by atoms with Crippen LogP contribution < -0.4 is 21.5 Å². The van der Waals surface area contributed by atoms with E-state index >= 15 is 0 Å². The van der Waals surface area contributed by atoms with Gasteiger partial charge < -0.3 is 15.2 Å². The van der Waals surface area contributed by atoms with Crippen LogP contribution in [0, 0.1) is 6.92 Å². The minimum absolute atomic E-state index is 0.191. The first kappa shape index (κ1) is 21.7. The van der Waals surface area contributed by atoms with Gasteiger partial charge in [0.1, 0.15) is 5.69 Å². The molecule has 0 radical (unpaired) electrons. The maximum absolute atomic E-state index is 12.4. The molecule has 168 valence electrons. The van der Waals surface area contributed by atoms with E-state index in [-0.39, 0.29) is 17.0 Å². The van der Waals surface area contributed by atoms with E-state index in [0.717, 1.165) is 47.7 Å². The lowest BCUT2D eigenvalue weighted by atomic mass is 10.2. The number of fused-ring (bicyclic) bond motifs is 1. The van der Waals surface area contributed by atoms with E-state index in [1.165, 1.54) is 0 Å². The molecular formula is C22H27N7O3. The molecule has 1 saturated heterocycles. The zero-order valence-corrected chi connectivity index (χ0v) is 18.5. The molecule has 4 rings (SSSR count). The number of piperazine rings is 1. The Kier molecular flexibility index (Phi) is 6.04. The largest absolute Gasteiger partial charge is 0.368 e. The highest BCUT2D eigenvalue weighted by Gasteiger charge is 2.20. The third-order valence-electron chi connectivity index (χ3n) is 5.83. The fraction of sp³-hybridized carbons (Fsp3) is 0.409. The highest BCUT2D eigenvalue weighted by molar-refractivity contribution is 5.92. The summed E-state index contributed by atoms with van der Waals surface area (Å²) >= 11 is 0. The van der Waals surface area contributed by atoms with Crippen LogP contribution in [0.2, 0.25) is 0 Å². The molecule has 0 saturated carbocycles. The molecule has 10 heteroatoms. The van der Waals surface area contributed by atoms with Gasteiger partial charge in [-0.1, -0.05) is 0 Å². The van der Waals surface area contributed by atoms with Crippen LogP contribution in [-0.2, 0) is 13.1 Å². The van der Waals surface area contributed by atoms with Crippen LogP contribution in [0.3, 0.4) is 0 Å². The minimum atomic E-state index is -0.413. The van der Waals surface area contributed by atoms with Gasteiger partial charge in [-0.3, -0.25) is 19.1 Å². The van der Waals surface area contributed by atoms with Gasteiger partial charge in [-0.25, -0.2) is 14.8 Å². The Morgan fingerprint density at radius 3 is 2.59 bits per heavy atom. The molecular weight excluding hydrogens is 410 g/mol. The lowest BCUT2D eigenvalue weighted by Gasteiger charge is -2.36. The van der Waals surface area contributed by atoms with Crippen molar-refractivity contribution >= 4 is 22.6 Å². The minimum Gasteiger partial charge on any atom is -0.368 e. The van der Waals surface area contributed by atoms with Crippen LogP contribution in [-0.4, -0.2) is 63.6 Å². The third kappa shape index (κ3) is 4.13. The molecule has 0 aliphatic carbocycles. The number of H-pyrrole nitrogens is 1. The van der Waals surface area contributed by atoms with Crippen molar-refractivity contribution in [3.8, 4) is 0 Å². The molecule has 32 heavy (non-hydrogen) atoms. The zero-order chi connectivity index (χ0) is 22.8. The highest BCUT2D eigenvalue weighted by Crippen LogP contribution is 2.21. The van der Waals surface area contributed by atoms with E-state index in [1.54, 1.807) is 26.2 Å². The molecule has 0 aromatic carbocycles. The summed E-state index contributed by atoms with van der Waals surface area (Å²) in [4.78, 5) is 52.4. The standard InChI is InChI=1S/C22H27N7O3/c1-4-29-21(31)19-17(26-22(29)32)11-15(12-24-19)13-27-7-9-28(10-8-27)18-6-5-16(20(30)23-3)25-14(18)2/h5-6,11-12H,4,7-10,13H2,1-3H3,(H,23,30)(H,26,32). The number of nitrogens with one attached hydrogen (secondary N) is 2. The van der Waals surface area contributed by atoms with Crippen LogP contribution in [0.5, 0.6) is 0 Å². The van der Waals surface area contributed by atoms with Crippen LogP contribution in [0.1, 0.15) is 28.7 Å². The number of carbonyl (C=O) groups is 1. The first-order valence-corrected chi connectivity index (χ1v) is 10.7. The van der Waals surface area contributed by atoms with E-state index in [4.69, 9.17) is 0 Å². The molecule has 1 fully saturated rings. The SMILES string of the molecule is CCn1c(=O)[nH]c2cc(CN3CCN(c4ccc(C(=O)NC)nc4C)CC3)cnc2c1=O. The molecule has 3 aromatic heterocycles. The van der Waals surface area contributed by atoms with Crippen molar-refractivity contribution in [2.24, 2.45) is 0 Å². The van der Waals surface area contributed by atoms with E-state index < -0.39 is 5.69 Å². The average molecular weight is 438 g/mol. The Balaban J connectivity index is 1.44. The smallest absolute Gasteiger partial charge is 0.328 e. The lowest BCUT2D eigenvalue weighted by Crippen LogP contribution is -2.46. The summed E-state index contributed by atoms with van der Waals surface area (Å²) in [7, 11) is 1.59. The normalized spacial score (nSPS) is 14.7. The molecule has 1 aliphatic rings. The first-order valence-electron chi connectivity index (χ1n) is 10.7.